The second-order valence-electron chi connectivity index (χ2n) is 7.43. The normalized spacial score (nSPS) is 31.5. The van der Waals surface area contributed by atoms with Gasteiger partial charge in [0.05, 0.1) is 13.2 Å². The Kier molecular flexibility index (Phi) is 6.34. The quantitative estimate of drug-likeness (QED) is 0.758. The van der Waals surface area contributed by atoms with Crippen molar-refractivity contribution in [2.45, 2.75) is 70.7 Å². The number of hydrogen-bond acceptors (Lipinski definition) is 7. The molecule has 0 bridgehead atoms. The summed E-state index contributed by atoms with van der Waals surface area (Å²) in [5.74, 6) is -1.62. The Morgan fingerprint density at radius 2 is 1.93 bits per heavy atom. The highest BCUT2D eigenvalue weighted by atomic mass is 16.8. The molecule has 154 valence electrons. The summed E-state index contributed by atoms with van der Waals surface area (Å²) in [7, 11) is 0. The van der Waals surface area contributed by atoms with Crippen LogP contribution in [-0.2, 0) is 39.9 Å². The Bertz CT molecular complexity index is 693. The van der Waals surface area contributed by atoms with Gasteiger partial charge in [-0.15, -0.1) is 0 Å². The third-order valence-corrected chi connectivity index (χ3v) is 4.59. The van der Waals surface area contributed by atoms with Gasteiger partial charge in [0.1, 0.15) is 18.2 Å². The third-order valence-electron chi connectivity index (χ3n) is 4.59. The zero-order valence-electron chi connectivity index (χ0n) is 16.5. The van der Waals surface area contributed by atoms with E-state index in [1.807, 2.05) is 30.3 Å². The van der Waals surface area contributed by atoms with Crippen LogP contribution in [0.1, 0.15) is 33.3 Å². The molecule has 2 aliphatic rings. The summed E-state index contributed by atoms with van der Waals surface area (Å²) in [6, 6.07) is 8.87. The molecule has 8 heteroatoms. The maximum Gasteiger partial charge on any atom is 0.303 e. The topological polar surface area (TPSA) is 92.3 Å². The van der Waals surface area contributed by atoms with Crippen LogP contribution in [0.3, 0.4) is 0 Å². The molecule has 2 heterocycles. The minimum absolute atomic E-state index is 0.257. The second-order valence-corrected chi connectivity index (χ2v) is 7.43. The highest BCUT2D eigenvalue weighted by molar-refractivity contribution is 5.73. The van der Waals surface area contributed by atoms with E-state index in [9.17, 15) is 9.59 Å². The molecule has 5 atom stereocenters. The van der Waals surface area contributed by atoms with Gasteiger partial charge in [0.2, 0.25) is 5.91 Å². The first-order valence-electron chi connectivity index (χ1n) is 9.32. The maximum absolute atomic E-state index is 11.8. The SMILES string of the molecule is CC(=O)N[C@@H]1[C@@H](OCc2ccccc2)O[C@@H]2COC(C)(C)O[C@H]2[C@@H]1OC(C)=O. The Labute approximate surface area is 164 Å². The first-order chi connectivity index (χ1) is 13.2. The Hall–Kier alpha value is -2.00. The summed E-state index contributed by atoms with van der Waals surface area (Å²) < 4.78 is 29.2. The molecule has 0 spiro atoms. The van der Waals surface area contributed by atoms with Crippen molar-refractivity contribution in [3.05, 3.63) is 35.9 Å². The monoisotopic (exact) mass is 393 g/mol. The zero-order valence-corrected chi connectivity index (χ0v) is 16.5. The van der Waals surface area contributed by atoms with Crippen LogP contribution in [0, 0.1) is 0 Å². The van der Waals surface area contributed by atoms with E-state index in [0.717, 1.165) is 5.56 Å². The van der Waals surface area contributed by atoms with Crippen molar-refractivity contribution in [1.29, 1.82) is 0 Å². The molecule has 2 fully saturated rings. The molecule has 0 saturated carbocycles. The lowest BCUT2D eigenvalue weighted by atomic mass is 9.95. The number of carbonyl (C=O) groups excluding carboxylic acids is 2. The molecule has 0 radical (unpaired) electrons. The van der Waals surface area contributed by atoms with Gasteiger partial charge in [-0.05, 0) is 19.4 Å². The molecule has 0 aliphatic carbocycles. The van der Waals surface area contributed by atoms with Crippen LogP contribution in [0.4, 0.5) is 0 Å². The molecular weight excluding hydrogens is 366 g/mol. The van der Waals surface area contributed by atoms with E-state index in [0.29, 0.717) is 0 Å². The minimum atomic E-state index is -0.860. The Balaban J connectivity index is 1.83. The summed E-state index contributed by atoms with van der Waals surface area (Å²) in [6.45, 7) is 6.80. The summed E-state index contributed by atoms with van der Waals surface area (Å²) in [4.78, 5) is 23.6. The van der Waals surface area contributed by atoms with Crippen molar-refractivity contribution in [2.75, 3.05) is 6.61 Å². The van der Waals surface area contributed by atoms with Gasteiger partial charge in [0.25, 0.3) is 0 Å². The van der Waals surface area contributed by atoms with Crippen molar-refractivity contribution in [2.24, 2.45) is 0 Å². The van der Waals surface area contributed by atoms with E-state index in [2.05, 4.69) is 5.32 Å². The molecule has 2 aliphatic heterocycles. The van der Waals surface area contributed by atoms with Crippen LogP contribution in [0.15, 0.2) is 30.3 Å². The Morgan fingerprint density at radius 3 is 2.57 bits per heavy atom. The number of hydrogen-bond donors (Lipinski definition) is 1. The molecular formula is C20H27NO7. The fraction of sp³-hybridized carbons (Fsp3) is 0.600. The molecule has 1 amide bonds. The lowest BCUT2D eigenvalue weighted by Gasteiger charge is -2.50. The molecule has 1 aromatic carbocycles. The number of ether oxygens (including phenoxy) is 5. The van der Waals surface area contributed by atoms with Gasteiger partial charge in [0.15, 0.2) is 18.2 Å². The fourth-order valence-electron chi connectivity index (χ4n) is 3.44. The number of nitrogens with one attached hydrogen (secondary N) is 1. The first kappa shape index (κ1) is 20.7. The van der Waals surface area contributed by atoms with Crippen molar-refractivity contribution in [1.82, 2.24) is 5.32 Å². The number of benzene rings is 1. The molecule has 0 unspecified atom stereocenters. The molecule has 3 rings (SSSR count). The van der Waals surface area contributed by atoms with Crippen LogP contribution in [-0.4, -0.2) is 54.9 Å². The largest absolute Gasteiger partial charge is 0.457 e. The molecule has 1 N–H and O–H groups in total. The van der Waals surface area contributed by atoms with Crippen LogP contribution >= 0.6 is 0 Å². The van der Waals surface area contributed by atoms with Gasteiger partial charge < -0.3 is 29.0 Å². The summed E-state index contributed by atoms with van der Waals surface area (Å²) in [5.41, 5.74) is 0.955. The summed E-state index contributed by atoms with van der Waals surface area (Å²) >= 11 is 0. The van der Waals surface area contributed by atoms with E-state index in [4.69, 9.17) is 23.7 Å². The highest BCUT2D eigenvalue weighted by Crippen LogP contribution is 2.34. The van der Waals surface area contributed by atoms with Crippen molar-refractivity contribution < 1.29 is 33.3 Å². The number of amides is 1. The smallest absolute Gasteiger partial charge is 0.303 e. The van der Waals surface area contributed by atoms with Crippen molar-refractivity contribution in [3.63, 3.8) is 0 Å². The van der Waals surface area contributed by atoms with E-state index in [1.54, 1.807) is 13.8 Å². The zero-order chi connectivity index (χ0) is 20.3. The fourth-order valence-corrected chi connectivity index (χ4v) is 3.44. The summed E-state index contributed by atoms with van der Waals surface area (Å²) in [6.07, 6.45) is -2.70. The van der Waals surface area contributed by atoms with Crippen molar-refractivity contribution in [3.8, 4) is 0 Å². The van der Waals surface area contributed by atoms with Crippen molar-refractivity contribution >= 4 is 11.9 Å². The van der Waals surface area contributed by atoms with E-state index < -0.39 is 42.4 Å². The molecule has 0 aromatic heterocycles. The van der Waals surface area contributed by atoms with Gasteiger partial charge in [-0.25, -0.2) is 0 Å². The molecule has 2 saturated heterocycles. The van der Waals surface area contributed by atoms with E-state index in [-0.39, 0.29) is 19.1 Å². The predicted molar refractivity (Wildman–Crippen MR) is 98.0 cm³/mol. The molecule has 1 aromatic rings. The molecule has 8 nitrogen and oxygen atoms in total. The summed E-state index contributed by atoms with van der Waals surface area (Å²) in [5, 5.41) is 2.80. The van der Waals surface area contributed by atoms with E-state index >= 15 is 0 Å². The third kappa shape index (κ3) is 5.08. The highest BCUT2D eigenvalue weighted by Gasteiger charge is 2.53. The number of carbonyl (C=O) groups is 2. The first-order valence-corrected chi connectivity index (χ1v) is 9.32. The van der Waals surface area contributed by atoms with Crippen LogP contribution in [0.2, 0.25) is 0 Å². The minimum Gasteiger partial charge on any atom is -0.457 e. The molecule has 28 heavy (non-hydrogen) atoms. The second kappa shape index (κ2) is 8.57. The van der Waals surface area contributed by atoms with Gasteiger partial charge >= 0.3 is 5.97 Å². The predicted octanol–water partition coefficient (Wildman–Crippen LogP) is 1.52. The number of rotatable bonds is 5. The van der Waals surface area contributed by atoms with Gasteiger partial charge in [-0.3, -0.25) is 9.59 Å². The van der Waals surface area contributed by atoms with Gasteiger partial charge in [-0.1, -0.05) is 30.3 Å². The van der Waals surface area contributed by atoms with Gasteiger partial charge in [0, 0.05) is 13.8 Å². The number of esters is 1. The van der Waals surface area contributed by atoms with Crippen LogP contribution in [0.5, 0.6) is 0 Å². The Morgan fingerprint density at radius 1 is 1.21 bits per heavy atom. The maximum atomic E-state index is 11.8. The lowest BCUT2D eigenvalue weighted by molar-refractivity contribution is -0.370. The average molecular weight is 393 g/mol. The average Bonchev–Trinajstić information content (AvgIpc) is 2.62. The standard InChI is InChI=1S/C20H27NO7/c1-12(22)21-16-18(26-13(2)23)17-15(11-25-20(3,4)28-17)27-19(16)24-10-14-8-6-5-7-9-14/h5-9,15-19H,10-11H2,1-4H3,(H,21,22)/t15-,16+,17-,18-,19+/m1/s1. The van der Waals surface area contributed by atoms with E-state index in [1.165, 1.54) is 13.8 Å². The van der Waals surface area contributed by atoms with Gasteiger partial charge in [-0.2, -0.15) is 0 Å². The number of fused-ring (bicyclic) bond motifs is 1. The lowest BCUT2D eigenvalue weighted by Crippen LogP contribution is -2.69. The van der Waals surface area contributed by atoms with Crippen LogP contribution in [0.25, 0.3) is 0 Å². The van der Waals surface area contributed by atoms with Crippen LogP contribution < -0.4 is 5.32 Å².